The number of aliphatic imine (C=N–C) groups is 1. The molecule has 2 amide bonds. The molecule has 0 aromatic heterocycles. The molecule has 0 fully saturated rings. The molecule has 134 valence electrons. The zero-order valence-corrected chi connectivity index (χ0v) is 15.7. The maximum absolute atomic E-state index is 13.2. The van der Waals surface area contributed by atoms with E-state index in [2.05, 4.69) is 11.9 Å². The first-order valence-corrected chi connectivity index (χ1v) is 9.01. The summed E-state index contributed by atoms with van der Waals surface area (Å²) in [6, 6.07) is 13.1. The van der Waals surface area contributed by atoms with Gasteiger partial charge in [-0.25, -0.2) is 4.90 Å². The van der Waals surface area contributed by atoms with Crippen LogP contribution in [0.5, 0.6) is 0 Å². The van der Waals surface area contributed by atoms with Gasteiger partial charge in [0.2, 0.25) is 5.91 Å². The molecule has 2 aromatic rings. The second-order valence-electron chi connectivity index (χ2n) is 6.87. The summed E-state index contributed by atoms with van der Waals surface area (Å²) in [7, 11) is 0. The third-order valence-corrected chi connectivity index (χ3v) is 5.04. The van der Waals surface area contributed by atoms with E-state index in [1.165, 1.54) is 4.90 Å². The molecule has 0 N–H and O–H groups in total. The van der Waals surface area contributed by atoms with Gasteiger partial charge in [-0.3, -0.25) is 14.6 Å². The van der Waals surface area contributed by atoms with Gasteiger partial charge < -0.3 is 0 Å². The normalized spacial score (nSPS) is 18.3. The summed E-state index contributed by atoms with van der Waals surface area (Å²) in [5, 5.41) is 0. The molecule has 0 saturated heterocycles. The van der Waals surface area contributed by atoms with Crippen LogP contribution in [0.4, 0.5) is 5.69 Å². The van der Waals surface area contributed by atoms with Crippen molar-refractivity contribution in [3.63, 3.8) is 0 Å². The molecule has 2 aromatic carbocycles. The van der Waals surface area contributed by atoms with Crippen LogP contribution >= 0.6 is 0 Å². The summed E-state index contributed by atoms with van der Waals surface area (Å²) in [4.78, 5) is 32.0. The lowest BCUT2D eigenvalue weighted by Crippen LogP contribution is -2.45. The fraction of sp³-hybridized carbons (Fsp3) is 0.318. The number of carbonyl (C=O) groups is 2. The Kier molecular flexibility index (Phi) is 5.03. The Morgan fingerprint density at radius 2 is 1.85 bits per heavy atom. The highest BCUT2D eigenvalue weighted by molar-refractivity contribution is 6.29. The van der Waals surface area contributed by atoms with Crippen LogP contribution in [0.1, 0.15) is 53.2 Å². The van der Waals surface area contributed by atoms with E-state index in [0.717, 1.165) is 23.1 Å². The van der Waals surface area contributed by atoms with Crippen LogP contribution < -0.4 is 4.90 Å². The Morgan fingerprint density at radius 1 is 1.12 bits per heavy atom. The molecule has 0 radical (unpaired) electrons. The maximum atomic E-state index is 13.2. The van der Waals surface area contributed by atoms with Crippen LogP contribution in [0.3, 0.4) is 0 Å². The average Bonchev–Trinajstić information content (AvgIpc) is 2.64. The second kappa shape index (κ2) is 7.24. The number of rotatable bonds is 4. The highest BCUT2D eigenvalue weighted by Crippen LogP contribution is 2.32. The molecular weight excluding hydrogens is 324 g/mol. The minimum Gasteiger partial charge on any atom is -0.293 e. The fourth-order valence-corrected chi connectivity index (χ4v) is 3.05. The predicted octanol–water partition coefficient (Wildman–Crippen LogP) is 4.44. The van der Waals surface area contributed by atoms with E-state index in [9.17, 15) is 9.59 Å². The topological polar surface area (TPSA) is 49.7 Å². The molecule has 1 aliphatic rings. The number of nitrogens with zero attached hydrogens (tertiary/aromatic N) is 2. The highest BCUT2D eigenvalue weighted by Gasteiger charge is 2.38. The average molecular weight is 348 g/mol. The molecule has 2 atom stereocenters. The second-order valence-corrected chi connectivity index (χ2v) is 6.87. The number of aryl methyl sites for hydroxylation is 2. The Bertz CT molecular complexity index is 885. The summed E-state index contributed by atoms with van der Waals surface area (Å²) in [6.07, 6.45) is 2.61. The van der Waals surface area contributed by atoms with Crippen molar-refractivity contribution in [1.29, 1.82) is 0 Å². The third kappa shape index (κ3) is 3.19. The van der Waals surface area contributed by atoms with Crippen molar-refractivity contribution in [2.45, 2.75) is 46.1 Å². The number of imide groups is 1. The van der Waals surface area contributed by atoms with Crippen molar-refractivity contribution in [3.05, 3.63) is 64.7 Å². The van der Waals surface area contributed by atoms with E-state index in [0.29, 0.717) is 11.3 Å². The van der Waals surface area contributed by atoms with E-state index in [1.807, 2.05) is 57.2 Å². The van der Waals surface area contributed by atoms with Crippen molar-refractivity contribution in [1.82, 2.24) is 0 Å². The van der Waals surface area contributed by atoms with E-state index < -0.39 is 5.92 Å². The summed E-state index contributed by atoms with van der Waals surface area (Å²) >= 11 is 0. The molecule has 3 rings (SSSR count). The SMILES string of the molecule is CC[C@H](C)N=CC1C(=O)N(c2ccc(C)c(C)c2)C(=O)c2ccccc21. The lowest BCUT2D eigenvalue weighted by atomic mass is 9.88. The third-order valence-electron chi connectivity index (χ3n) is 5.04. The monoisotopic (exact) mass is 348 g/mol. The lowest BCUT2D eigenvalue weighted by Gasteiger charge is -2.31. The van der Waals surface area contributed by atoms with Gasteiger partial charge in [0.15, 0.2) is 0 Å². The van der Waals surface area contributed by atoms with Crippen LogP contribution in [-0.2, 0) is 4.79 Å². The lowest BCUT2D eigenvalue weighted by molar-refractivity contribution is -0.118. The largest absolute Gasteiger partial charge is 0.293 e. The summed E-state index contributed by atoms with van der Waals surface area (Å²) < 4.78 is 0. The smallest absolute Gasteiger partial charge is 0.265 e. The van der Waals surface area contributed by atoms with Gasteiger partial charge in [-0.1, -0.05) is 31.2 Å². The highest BCUT2D eigenvalue weighted by atomic mass is 16.2. The van der Waals surface area contributed by atoms with Gasteiger partial charge in [0.1, 0.15) is 0 Å². The van der Waals surface area contributed by atoms with Gasteiger partial charge in [-0.15, -0.1) is 0 Å². The van der Waals surface area contributed by atoms with Crippen LogP contribution in [0.2, 0.25) is 0 Å². The van der Waals surface area contributed by atoms with Crippen LogP contribution in [0.15, 0.2) is 47.5 Å². The number of carbonyl (C=O) groups excluding carboxylic acids is 2. The molecule has 1 heterocycles. The van der Waals surface area contributed by atoms with E-state index in [1.54, 1.807) is 12.3 Å². The quantitative estimate of drug-likeness (QED) is 0.606. The van der Waals surface area contributed by atoms with Gasteiger partial charge in [-0.05, 0) is 62.1 Å². The van der Waals surface area contributed by atoms with Crippen molar-refractivity contribution in [2.24, 2.45) is 4.99 Å². The maximum Gasteiger partial charge on any atom is 0.265 e. The van der Waals surface area contributed by atoms with Gasteiger partial charge in [0.05, 0.1) is 11.6 Å². The molecule has 0 saturated carbocycles. The molecule has 0 spiro atoms. The molecule has 4 nitrogen and oxygen atoms in total. The van der Waals surface area contributed by atoms with Gasteiger partial charge in [0.25, 0.3) is 5.91 Å². The van der Waals surface area contributed by atoms with Crippen molar-refractivity contribution < 1.29 is 9.59 Å². The standard InChI is InChI=1S/C22H24N2O2/c1-5-16(4)23-13-20-18-8-6-7-9-19(18)21(25)24(22(20)26)17-11-10-14(2)15(3)12-17/h6-13,16,20H,5H2,1-4H3/t16-,20?/m0/s1. The molecule has 1 aliphatic heterocycles. The molecule has 26 heavy (non-hydrogen) atoms. The molecule has 4 heteroatoms. The first-order valence-electron chi connectivity index (χ1n) is 9.01. The zero-order chi connectivity index (χ0) is 18.8. The summed E-state index contributed by atoms with van der Waals surface area (Å²) in [5.41, 5.74) is 4.08. The van der Waals surface area contributed by atoms with E-state index in [-0.39, 0.29) is 17.9 Å². The number of hydrogen-bond acceptors (Lipinski definition) is 3. The molecule has 1 unspecified atom stereocenters. The number of amides is 2. The summed E-state index contributed by atoms with van der Waals surface area (Å²) in [6.45, 7) is 8.06. The van der Waals surface area contributed by atoms with E-state index >= 15 is 0 Å². The van der Waals surface area contributed by atoms with Crippen molar-refractivity contribution in [2.75, 3.05) is 4.90 Å². The number of hydrogen-bond donors (Lipinski definition) is 0. The van der Waals surface area contributed by atoms with Crippen LogP contribution in [0, 0.1) is 13.8 Å². The molecule has 0 aliphatic carbocycles. The fourth-order valence-electron chi connectivity index (χ4n) is 3.05. The van der Waals surface area contributed by atoms with Gasteiger partial charge in [0, 0.05) is 17.8 Å². The van der Waals surface area contributed by atoms with Crippen molar-refractivity contribution in [3.8, 4) is 0 Å². The Labute approximate surface area is 154 Å². The van der Waals surface area contributed by atoms with Gasteiger partial charge in [-0.2, -0.15) is 0 Å². The zero-order valence-electron chi connectivity index (χ0n) is 15.7. The Balaban J connectivity index is 2.10. The Morgan fingerprint density at radius 3 is 2.54 bits per heavy atom. The number of anilines is 1. The van der Waals surface area contributed by atoms with Crippen LogP contribution in [-0.4, -0.2) is 24.1 Å². The minimum atomic E-state index is -0.542. The number of fused-ring (bicyclic) bond motifs is 1. The van der Waals surface area contributed by atoms with E-state index in [4.69, 9.17) is 0 Å². The predicted molar refractivity (Wildman–Crippen MR) is 105 cm³/mol. The molecule has 0 bridgehead atoms. The van der Waals surface area contributed by atoms with Crippen molar-refractivity contribution >= 4 is 23.7 Å². The first-order chi connectivity index (χ1) is 12.4. The summed E-state index contributed by atoms with van der Waals surface area (Å²) in [5.74, 6) is -1.06. The first kappa shape index (κ1) is 18.1. The van der Waals surface area contributed by atoms with Gasteiger partial charge >= 0.3 is 0 Å². The Hall–Kier alpha value is -2.75. The number of benzene rings is 2. The van der Waals surface area contributed by atoms with Crippen LogP contribution in [0.25, 0.3) is 0 Å². The minimum absolute atomic E-state index is 0.141. The molecular formula is C22H24N2O2.